The summed E-state index contributed by atoms with van der Waals surface area (Å²) in [6, 6.07) is 1.07. The largest absolute Gasteiger partial charge is 0.429 e. The van der Waals surface area contributed by atoms with E-state index in [0.717, 1.165) is 12.3 Å². The molecule has 4 atom stereocenters. The Morgan fingerprint density at radius 2 is 2.14 bits per heavy atom. The molecule has 0 saturated carbocycles. The summed E-state index contributed by atoms with van der Waals surface area (Å²) in [7, 11) is 0. The summed E-state index contributed by atoms with van der Waals surface area (Å²) in [5, 5.41) is 18.4. The van der Waals surface area contributed by atoms with Crippen molar-refractivity contribution in [1.82, 2.24) is 9.55 Å². The third-order valence-electron chi connectivity index (χ3n) is 3.16. The minimum Gasteiger partial charge on any atom is -0.394 e. The quantitative estimate of drug-likeness (QED) is 0.541. The lowest BCUT2D eigenvalue weighted by atomic mass is 9.95. The molecule has 118 valence electrons. The topological polar surface area (TPSA) is 87.5 Å². The van der Waals surface area contributed by atoms with E-state index >= 15 is 0 Å². The highest BCUT2D eigenvalue weighted by molar-refractivity contribution is 7.71. The average molecular weight is 330 g/mol. The van der Waals surface area contributed by atoms with E-state index in [4.69, 9.17) is 5.11 Å². The van der Waals surface area contributed by atoms with Gasteiger partial charge in [-0.05, 0) is 6.07 Å². The van der Waals surface area contributed by atoms with Gasteiger partial charge in [-0.3, -0.25) is 9.55 Å². The Balaban J connectivity index is 2.60. The van der Waals surface area contributed by atoms with Crippen molar-refractivity contribution >= 4 is 12.2 Å². The number of aromatic amines is 1. The molecule has 0 bridgehead atoms. The van der Waals surface area contributed by atoms with Crippen LogP contribution in [-0.2, 0) is 4.74 Å². The Hall–Kier alpha value is -1.30. The van der Waals surface area contributed by atoms with E-state index < -0.39 is 42.6 Å². The molecule has 2 heterocycles. The predicted octanol–water partition coefficient (Wildman–Crippen LogP) is 0.427. The summed E-state index contributed by atoms with van der Waals surface area (Å²) in [5.74, 6) is 0. The van der Waals surface area contributed by atoms with Gasteiger partial charge in [0, 0.05) is 6.20 Å². The molecular formula is C10H10F4N2O4S. The van der Waals surface area contributed by atoms with Gasteiger partial charge < -0.3 is 14.9 Å². The van der Waals surface area contributed by atoms with Crippen molar-refractivity contribution in [3.63, 3.8) is 0 Å². The molecule has 1 unspecified atom stereocenters. The number of H-pyrrole nitrogens is 1. The van der Waals surface area contributed by atoms with Gasteiger partial charge in [0.1, 0.15) is 16.8 Å². The first-order valence-electron chi connectivity index (χ1n) is 5.64. The summed E-state index contributed by atoms with van der Waals surface area (Å²) in [6.07, 6.45) is -11.7. The van der Waals surface area contributed by atoms with Crippen LogP contribution in [0.5, 0.6) is 0 Å². The molecule has 1 aromatic heterocycles. The van der Waals surface area contributed by atoms with Gasteiger partial charge in [0.25, 0.3) is 5.67 Å². The molecule has 11 heteroatoms. The first-order valence-corrected chi connectivity index (χ1v) is 6.05. The molecule has 1 saturated heterocycles. The number of aromatic nitrogens is 2. The van der Waals surface area contributed by atoms with Crippen LogP contribution in [0.15, 0.2) is 17.1 Å². The third-order valence-corrected chi connectivity index (χ3v) is 3.40. The summed E-state index contributed by atoms with van der Waals surface area (Å²) < 4.78 is 58.4. The zero-order chi connectivity index (χ0) is 16.0. The number of halogens is 4. The van der Waals surface area contributed by atoms with Gasteiger partial charge in [0.15, 0.2) is 6.23 Å². The van der Waals surface area contributed by atoms with Gasteiger partial charge in [-0.25, -0.2) is 9.18 Å². The number of ether oxygens (including phenoxy) is 1. The zero-order valence-corrected chi connectivity index (χ0v) is 11.0. The van der Waals surface area contributed by atoms with Gasteiger partial charge in [0.2, 0.25) is 0 Å². The van der Waals surface area contributed by atoms with Gasteiger partial charge in [0.05, 0.1) is 6.61 Å². The van der Waals surface area contributed by atoms with Crippen molar-refractivity contribution in [3.05, 3.63) is 27.4 Å². The van der Waals surface area contributed by atoms with E-state index in [-0.39, 0.29) is 4.64 Å². The Bertz CT molecular complexity index is 645. The van der Waals surface area contributed by atoms with Gasteiger partial charge in [-0.2, -0.15) is 13.2 Å². The molecule has 6 nitrogen and oxygen atoms in total. The summed E-state index contributed by atoms with van der Waals surface area (Å²) in [6.45, 7) is -1.04. The van der Waals surface area contributed by atoms with Crippen LogP contribution in [0.2, 0.25) is 0 Å². The third kappa shape index (κ3) is 2.39. The Kier molecular flexibility index (Phi) is 3.95. The fourth-order valence-electron chi connectivity index (χ4n) is 2.09. The smallest absolute Gasteiger partial charge is 0.394 e. The molecular weight excluding hydrogens is 320 g/mol. The minimum absolute atomic E-state index is 0.0648. The average Bonchev–Trinajstić information content (AvgIpc) is 2.63. The molecule has 1 aliphatic rings. The lowest BCUT2D eigenvalue weighted by Gasteiger charge is -2.30. The van der Waals surface area contributed by atoms with Crippen LogP contribution < -0.4 is 5.69 Å². The Labute approximate surface area is 119 Å². The van der Waals surface area contributed by atoms with Crippen molar-refractivity contribution in [3.8, 4) is 0 Å². The highest BCUT2D eigenvalue weighted by atomic mass is 32.1. The van der Waals surface area contributed by atoms with Crippen molar-refractivity contribution in [2.45, 2.75) is 30.3 Å². The molecule has 0 radical (unpaired) electrons. The number of alkyl halides is 4. The second-order valence-corrected chi connectivity index (χ2v) is 4.88. The van der Waals surface area contributed by atoms with Crippen molar-refractivity contribution < 1.29 is 32.5 Å². The lowest BCUT2D eigenvalue weighted by molar-refractivity contribution is -0.274. The van der Waals surface area contributed by atoms with Crippen molar-refractivity contribution in [2.75, 3.05) is 6.61 Å². The molecule has 0 amide bonds. The second-order valence-electron chi connectivity index (χ2n) is 4.44. The van der Waals surface area contributed by atoms with Crippen LogP contribution in [0.3, 0.4) is 0 Å². The van der Waals surface area contributed by atoms with E-state index in [1.54, 1.807) is 0 Å². The number of hydrogen-bond donors (Lipinski definition) is 3. The number of aliphatic hydroxyl groups is 2. The van der Waals surface area contributed by atoms with Crippen LogP contribution in [0.25, 0.3) is 0 Å². The van der Waals surface area contributed by atoms with E-state index in [1.165, 1.54) is 0 Å². The highest BCUT2D eigenvalue weighted by Gasteiger charge is 2.72. The first kappa shape index (κ1) is 16.1. The maximum Gasteiger partial charge on any atom is 0.429 e. The number of nitrogens with one attached hydrogen (secondary N) is 1. The standard InChI is InChI=1S/C10H10F4N2O4S/c11-9(10(12,13)14)6(18)4(3-17)20-7(9)16-2-1-5(21)15-8(16)19/h1-2,4,6-7,17-18H,3H2,(H,15,19,21)/t4-,6?,7-,9-/m1/s1. The van der Waals surface area contributed by atoms with Gasteiger partial charge in [-0.1, -0.05) is 12.2 Å². The number of hydrogen-bond acceptors (Lipinski definition) is 5. The lowest BCUT2D eigenvalue weighted by Crippen LogP contribution is -2.55. The minimum atomic E-state index is -5.52. The van der Waals surface area contributed by atoms with Crippen molar-refractivity contribution in [2.24, 2.45) is 0 Å². The van der Waals surface area contributed by atoms with Crippen LogP contribution >= 0.6 is 12.2 Å². The number of nitrogens with zero attached hydrogens (tertiary/aromatic N) is 1. The summed E-state index contributed by atoms with van der Waals surface area (Å²) in [4.78, 5) is 13.6. The van der Waals surface area contributed by atoms with Crippen molar-refractivity contribution in [1.29, 1.82) is 0 Å². The van der Waals surface area contributed by atoms with Gasteiger partial charge >= 0.3 is 11.9 Å². The molecule has 0 aromatic carbocycles. The van der Waals surface area contributed by atoms with Crippen LogP contribution in [0.4, 0.5) is 17.6 Å². The van der Waals surface area contributed by atoms with E-state index in [9.17, 15) is 27.5 Å². The Morgan fingerprint density at radius 1 is 1.52 bits per heavy atom. The van der Waals surface area contributed by atoms with E-state index in [0.29, 0.717) is 4.57 Å². The normalized spacial score (nSPS) is 33.3. The molecule has 1 aliphatic heterocycles. The molecule has 1 fully saturated rings. The predicted molar refractivity (Wildman–Crippen MR) is 62.8 cm³/mol. The maximum atomic E-state index is 14.5. The fourth-order valence-corrected chi connectivity index (χ4v) is 2.23. The molecule has 21 heavy (non-hydrogen) atoms. The van der Waals surface area contributed by atoms with Crippen LogP contribution in [0.1, 0.15) is 6.23 Å². The molecule has 0 aliphatic carbocycles. The number of rotatable bonds is 2. The molecule has 2 rings (SSSR count). The fraction of sp³-hybridized carbons (Fsp3) is 0.600. The van der Waals surface area contributed by atoms with Crippen LogP contribution in [-0.4, -0.2) is 50.4 Å². The van der Waals surface area contributed by atoms with Gasteiger partial charge in [-0.15, -0.1) is 0 Å². The summed E-state index contributed by atoms with van der Waals surface area (Å²) >= 11 is 4.62. The van der Waals surface area contributed by atoms with Crippen LogP contribution in [0, 0.1) is 4.64 Å². The number of aliphatic hydroxyl groups excluding tert-OH is 2. The maximum absolute atomic E-state index is 14.5. The van der Waals surface area contributed by atoms with E-state index in [2.05, 4.69) is 17.0 Å². The molecule has 3 N–H and O–H groups in total. The monoisotopic (exact) mass is 330 g/mol. The second kappa shape index (κ2) is 5.16. The highest BCUT2D eigenvalue weighted by Crippen LogP contribution is 2.50. The Morgan fingerprint density at radius 3 is 2.62 bits per heavy atom. The molecule has 1 aromatic rings. The molecule has 0 spiro atoms. The SMILES string of the molecule is O=c1[nH]c(=S)ccn1[C@@H]1O[C@H](CO)C(O)[C@]1(F)C(F)(F)F. The first-order chi connectivity index (χ1) is 9.62. The van der Waals surface area contributed by atoms with E-state index in [1.807, 2.05) is 4.98 Å². The zero-order valence-electron chi connectivity index (χ0n) is 10.2. The summed E-state index contributed by atoms with van der Waals surface area (Å²) in [5.41, 5.74) is -5.38.